The summed E-state index contributed by atoms with van der Waals surface area (Å²) in [7, 11) is 0. The van der Waals surface area contributed by atoms with Crippen LogP contribution in [0.5, 0.6) is 0 Å². The third-order valence-corrected chi connectivity index (χ3v) is 6.77. The fourth-order valence-corrected chi connectivity index (χ4v) is 4.88. The van der Waals surface area contributed by atoms with Crippen molar-refractivity contribution in [3.05, 3.63) is 69.8 Å². The molecular weight excluding hydrogens is 420 g/mol. The number of nitrogens with one attached hydrogen (secondary N) is 3. The van der Waals surface area contributed by atoms with Gasteiger partial charge in [0.05, 0.1) is 11.1 Å². The van der Waals surface area contributed by atoms with Gasteiger partial charge in [-0.1, -0.05) is 30.3 Å². The fraction of sp³-hybridized carbons (Fsp3) is 0.360. The molecule has 2 aromatic carbocycles. The second kappa shape index (κ2) is 8.53. The first-order valence-corrected chi connectivity index (χ1v) is 11.3. The number of hydrogen-bond donors (Lipinski definition) is 3. The lowest BCUT2D eigenvalue weighted by atomic mass is 9.96. The number of amides is 4. The average molecular weight is 447 g/mol. The van der Waals surface area contributed by atoms with Crippen molar-refractivity contribution in [2.75, 3.05) is 6.54 Å². The molecule has 5 rings (SSSR count). The number of nitrogens with zero attached hydrogens (tertiary/aromatic N) is 1. The first kappa shape index (κ1) is 21.5. The van der Waals surface area contributed by atoms with Gasteiger partial charge in [-0.3, -0.25) is 29.4 Å². The minimum Gasteiger partial charge on any atom is -0.312 e. The van der Waals surface area contributed by atoms with Crippen molar-refractivity contribution in [1.82, 2.24) is 20.9 Å². The van der Waals surface area contributed by atoms with Crippen LogP contribution in [0.1, 0.15) is 68.8 Å². The van der Waals surface area contributed by atoms with Crippen LogP contribution in [-0.2, 0) is 29.1 Å². The molecule has 3 aliphatic heterocycles. The van der Waals surface area contributed by atoms with Gasteiger partial charge in [0.25, 0.3) is 11.8 Å². The van der Waals surface area contributed by atoms with Crippen LogP contribution >= 0.6 is 0 Å². The molecule has 0 aliphatic carbocycles. The van der Waals surface area contributed by atoms with Gasteiger partial charge >= 0.3 is 0 Å². The van der Waals surface area contributed by atoms with E-state index in [4.69, 9.17) is 0 Å². The Kier molecular flexibility index (Phi) is 5.55. The summed E-state index contributed by atoms with van der Waals surface area (Å²) in [6, 6.07) is 10.8. The quantitative estimate of drug-likeness (QED) is 0.602. The lowest BCUT2D eigenvalue weighted by Crippen LogP contribution is -2.54. The molecule has 2 unspecified atom stereocenters. The van der Waals surface area contributed by atoms with Gasteiger partial charge in [0, 0.05) is 25.6 Å². The van der Waals surface area contributed by atoms with Crippen LogP contribution in [-0.4, -0.2) is 41.1 Å². The molecular formula is C25H26N4O4. The SMILES string of the molecule is CC(NCc1cccc2c1C(=O)N(C1CCC(=O)NC1=O)C2=O)c1ccc2c(c1)CCNC2. The summed E-state index contributed by atoms with van der Waals surface area (Å²) in [4.78, 5) is 51.0. The highest BCUT2D eigenvalue weighted by Crippen LogP contribution is 2.30. The van der Waals surface area contributed by atoms with E-state index in [9.17, 15) is 19.2 Å². The topological polar surface area (TPSA) is 108 Å². The Morgan fingerprint density at radius 1 is 1.06 bits per heavy atom. The van der Waals surface area contributed by atoms with Crippen LogP contribution < -0.4 is 16.0 Å². The molecule has 3 N–H and O–H groups in total. The zero-order chi connectivity index (χ0) is 23.1. The van der Waals surface area contributed by atoms with Gasteiger partial charge in [-0.25, -0.2) is 0 Å². The highest BCUT2D eigenvalue weighted by molar-refractivity contribution is 6.24. The number of hydrogen-bond acceptors (Lipinski definition) is 6. The van der Waals surface area contributed by atoms with E-state index in [0.29, 0.717) is 17.7 Å². The summed E-state index contributed by atoms with van der Waals surface area (Å²) >= 11 is 0. The summed E-state index contributed by atoms with van der Waals surface area (Å²) in [6.07, 6.45) is 1.26. The first-order valence-electron chi connectivity index (χ1n) is 11.3. The fourth-order valence-electron chi connectivity index (χ4n) is 4.88. The van der Waals surface area contributed by atoms with E-state index in [1.54, 1.807) is 12.1 Å². The molecule has 1 fully saturated rings. The summed E-state index contributed by atoms with van der Waals surface area (Å²) in [5.74, 6) is -1.94. The Balaban J connectivity index is 1.34. The lowest BCUT2D eigenvalue weighted by molar-refractivity contribution is -0.136. The average Bonchev–Trinajstić information content (AvgIpc) is 3.08. The number of imide groups is 2. The van der Waals surface area contributed by atoms with E-state index in [1.165, 1.54) is 16.7 Å². The van der Waals surface area contributed by atoms with Gasteiger partial charge < -0.3 is 10.6 Å². The monoisotopic (exact) mass is 446 g/mol. The molecule has 4 amide bonds. The standard InChI is InChI=1S/C25H26N4O4/c1-14(15-5-6-17-12-26-10-9-16(17)11-15)27-13-18-3-2-4-19-22(18)25(33)29(24(19)32)20-7-8-21(30)28-23(20)31/h2-6,11,14,20,26-27H,7-10,12-13H2,1H3,(H,28,30,31). The summed E-state index contributed by atoms with van der Waals surface area (Å²) in [5.41, 5.74) is 5.23. The van der Waals surface area contributed by atoms with Crippen molar-refractivity contribution >= 4 is 23.6 Å². The van der Waals surface area contributed by atoms with Crippen LogP contribution in [0.25, 0.3) is 0 Å². The van der Waals surface area contributed by atoms with Crippen molar-refractivity contribution < 1.29 is 19.2 Å². The predicted octanol–water partition coefficient (Wildman–Crippen LogP) is 1.58. The summed E-state index contributed by atoms with van der Waals surface area (Å²) in [6.45, 7) is 4.36. The largest absolute Gasteiger partial charge is 0.312 e. The Labute approximate surface area is 191 Å². The number of carbonyl (C=O) groups excluding carboxylic acids is 4. The van der Waals surface area contributed by atoms with Crippen LogP contribution in [0.3, 0.4) is 0 Å². The molecule has 170 valence electrons. The Morgan fingerprint density at radius 3 is 2.73 bits per heavy atom. The van der Waals surface area contributed by atoms with Gasteiger partial charge in [-0.2, -0.15) is 0 Å². The third-order valence-electron chi connectivity index (χ3n) is 6.77. The molecule has 2 atom stereocenters. The number of benzene rings is 2. The number of carbonyl (C=O) groups is 4. The van der Waals surface area contributed by atoms with E-state index in [1.807, 2.05) is 6.07 Å². The smallest absolute Gasteiger partial charge is 0.262 e. The van der Waals surface area contributed by atoms with Gasteiger partial charge in [0.15, 0.2) is 0 Å². The van der Waals surface area contributed by atoms with Crippen molar-refractivity contribution in [3.63, 3.8) is 0 Å². The molecule has 0 aromatic heterocycles. The van der Waals surface area contributed by atoms with Gasteiger partial charge in [-0.05, 0) is 54.6 Å². The molecule has 33 heavy (non-hydrogen) atoms. The number of rotatable bonds is 5. The van der Waals surface area contributed by atoms with E-state index in [2.05, 4.69) is 41.1 Å². The zero-order valence-corrected chi connectivity index (χ0v) is 18.4. The molecule has 3 aliphatic rings. The van der Waals surface area contributed by atoms with Crippen molar-refractivity contribution in [3.8, 4) is 0 Å². The second-order valence-corrected chi connectivity index (χ2v) is 8.84. The first-order chi connectivity index (χ1) is 15.9. The Bertz CT molecular complexity index is 1170. The zero-order valence-electron chi connectivity index (χ0n) is 18.4. The van der Waals surface area contributed by atoms with Crippen LogP contribution in [0.15, 0.2) is 36.4 Å². The Hall–Kier alpha value is -3.36. The highest BCUT2D eigenvalue weighted by atomic mass is 16.2. The molecule has 8 heteroatoms. The highest BCUT2D eigenvalue weighted by Gasteiger charge is 2.45. The number of fused-ring (bicyclic) bond motifs is 2. The minimum absolute atomic E-state index is 0.0551. The van der Waals surface area contributed by atoms with E-state index in [0.717, 1.165) is 30.0 Å². The maximum absolute atomic E-state index is 13.2. The van der Waals surface area contributed by atoms with Crippen molar-refractivity contribution in [1.29, 1.82) is 0 Å². The van der Waals surface area contributed by atoms with E-state index < -0.39 is 23.8 Å². The molecule has 8 nitrogen and oxygen atoms in total. The minimum atomic E-state index is -0.959. The lowest BCUT2D eigenvalue weighted by Gasteiger charge is -2.27. The normalized spacial score (nSPS) is 21.0. The van der Waals surface area contributed by atoms with Gasteiger partial charge in [0.1, 0.15) is 6.04 Å². The summed E-state index contributed by atoms with van der Waals surface area (Å²) in [5, 5.41) is 9.08. The molecule has 0 radical (unpaired) electrons. The van der Waals surface area contributed by atoms with Gasteiger partial charge in [0.2, 0.25) is 11.8 Å². The van der Waals surface area contributed by atoms with E-state index in [-0.39, 0.29) is 24.8 Å². The van der Waals surface area contributed by atoms with Gasteiger partial charge in [-0.15, -0.1) is 0 Å². The third kappa shape index (κ3) is 3.85. The maximum atomic E-state index is 13.2. The van der Waals surface area contributed by atoms with Crippen molar-refractivity contribution in [2.45, 2.75) is 51.4 Å². The van der Waals surface area contributed by atoms with Crippen LogP contribution in [0.2, 0.25) is 0 Å². The van der Waals surface area contributed by atoms with Crippen molar-refractivity contribution in [2.24, 2.45) is 0 Å². The molecule has 0 saturated carbocycles. The summed E-state index contributed by atoms with van der Waals surface area (Å²) < 4.78 is 0. The molecule has 0 bridgehead atoms. The second-order valence-electron chi connectivity index (χ2n) is 8.84. The predicted molar refractivity (Wildman–Crippen MR) is 120 cm³/mol. The molecule has 0 spiro atoms. The maximum Gasteiger partial charge on any atom is 0.262 e. The van der Waals surface area contributed by atoms with E-state index >= 15 is 0 Å². The van der Waals surface area contributed by atoms with Crippen LogP contribution in [0, 0.1) is 0 Å². The molecule has 1 saturated heterocycles. The molecule has 2 aromatic rings. The Morgan fingerprint density at radius 2 is 1.91 bits per heavy atom. The van der Waals surface area contributed by atoms with Crippen LogP contribution in [0.4, 0.5) is 0 Å². The number of piperidine rings is 1. The molecule has 3 heterocycles.